The van der Waals surface area contributed by atoms with Gasteiger partial charge in [0, 0.05) is 24.1 Å². The topological polar surface area (TPSA) is 22.1 Å². The van der Waals surface area contributed by atoms with E-state index in [4.69, 9.17) is 4.74 Å². The van der Waals surface area contributed by atoms with E-state index < -0.39 is 5.92 Å². The van der Waals surface area contributed by atoms with Crippen LogP contribution in [0.1, 0.15) is 18.5 Å². The lowest BCUT2D eigenvalue weighted by molar-refractivity contribution is -0.119. The highest BCUT2D eigenvalue weighted by Crippen LogP contribution is 2.42. The van der Waals surface area contributed by atoms with Crippen LogP contribution in [-0.4, -0.2) is 17.5 Å². The minimum atomic E-state index is -2.45. The summed E-state index contributed by atoms with van der Waals surface area (Å²) >= 11 is 1.41. The molecule has 0 unspecified atom stereocenters. The Morgan fingerprint density at radius 2 is 2.36 bits per heavy atom. The fourth-order valence-electron chi connectivity index (χ4n) is 1.49. The summed E-state index contributed by atoms with van der Waals surface area (Å²) in [5.41, 5.74) is 0.906. The van der Waals surface area contributed by atoms with E-state index in [1.807, 2.05) is 12.3 Å². The molecule has 0 saturated heterocycles. The molecule has 1 heterocycles. The maximum Gasteiger partial charge on any atom is 0.273 e. The van der Waals surface area contributed by atoms with Gasteiger partial charge in [0.25, 0.3) is 5.19 Å². The van der Waals surface area contributed by atoms with E-state index in [0.29, 0.717) is 11.8 Å². The number of hydrogen-bond donors (Lipinski definition) is 0. The smallest absolute Gasteiger partial charge is 0.273 e. The number of halogens is 2. The molecule has 78 valence electrons. The molecular weight excluding hydrogens is 208 g/mol. The largest absolute Gasteiger partial charge is 0.470 e. The highest BCUT2D eigenvalue weighted by molar-refractivity contribution is 7.11. The second-order valence-electron chi connectivity index (χ2n) is 3.70. The Bertz CT molecular complexity index is 318. The van der Waals surface area contributed by atoms with E-state index in [2.05, 4.69) is 4.98 Å². The average molecular weight is 219 g/mol. The number of thiazole rings is 1. The molecule has 1 aromatic rings. The van der Waals surface area contributed by atoms with Crippen molar-refractivity contribution in [1.29, 1.82) is 0 Å². The molecule has 1 aliphatic rings. The normalized spacial score (nSPS) is 20.5. The maximum atomic E-state index is 12.4. The number of rotatable bonds is 3. The Labute approximate surface area is 84.9 Å². The predicted molar refractivity (Wildman–Crippen MR) is 50.0 cm³/mol. The number of hydrogen-bond acceptors (Lipinski definition) is 3. The number of alkyl halides is 2. The second kappa shape index (κ2) is 3.46. The lowest BCUT2D eigenvalue weighted by atomic mass is 9.82. The zero-order valence-corrected chi connectivity index (χ0v) is 8.61. The molecule has 0 atom stereocenters. The van der Waals surface area contributed by atoms with Crippen LogP contribution in [0.2, 0.25) is 0 Å². The van der Waals surface area contributed by atoms with Crippen molar-refractivity contribution in [3.8, 4) is 5.19 Å². The van der Waals surface area contributed by atoms with Gasteiger partial charge in [-0.05, 0) is 6.92 Å². The van der Waals surface area contributed by atoms with Crippen LogP contribution in [0.3, 0.4) is 0 Å². The van der Waals surface area contributed by atoms with Gasteiger partial charge in [0.2, 0.25) is 5.92 Å². The molecule has 0 bridgehead atoms. The third kappa shape index (κ3) is 2.20. The zero-order valence-electron chi connectivity index (χ0n) is 7.80. The highest BCUT2D eigenvalue weighted by Gasteiger charge is 2.45. The summed E-state index contributed by atoms with van der Waals surface area (Å²) in [5.74, 6) is -2.46. The zero-order chi connectivity index (χ0) is 10.2. The van der Waals surface area contributed by atoms with Crippen LogP contribution in [0, 0.1) is 12.8 Å². The molecule has 0 aromatic carbocycles. The monoisotopic (exact) mass is 219 g/mol. The van der Waals surface area contributed by atoms with Gasteiger partial charge in [-0.25, -0.2) is 13.8 Å². The third-order valence-corrected chi connectivity index (χ3v) is 3.08. The van der Waals surface area contributed by atoms with Gasteiger partial charge in [-0.2, -0.15) is 0 Å². The van der Waals surface area contributed by atoms with Crippen molar-refractivity contribution in [2.24, 2.45) is 5.92 Å². The summed E-state index contributed by atoms with van der Waals surface area (Å²) in [5, 5.41) is 2.46. The first-order valence-corrected chi connectivity index (χ1v) is 5.36. The second-order valence-corrected chi connectivity index (χ2v) is 4.52. The van der Waals surface area contributed by atoms with Crippen molar-refractivity contribution in [3.05, 3.63) is 11.1 Å². The molecule has 5 heteroatoms. The number of aromatic nitrogens is 1. The molecule has 0 aliphatic heterocycles. The van der Waals surface area contributed by atoms with Gasteiger partial charge in [-0.3, -0.25) is 0 Å². The van der Waals surface area contributed by atoms with Crippen molar-refractivity contribution < 1.29 is 13.5 Å². The van der Waals surface area contributed by atoms with Crippen LogP contribution in [-0.2, 0) is 0 Å². The molecule has 1 fully saturated rings. The van der Waals surface area contributed by atoms with E-state index in [-0.39, 0.29) is 18.8 Å². The SMILES string of the molecule is Cc1csc(OCC2CC(F)(F)C2)n1. The standard InChI is InChI=1S/C9H11F2NOS/c1-6-5-14-8(12-6)13-4-7-2-9(10,11)3-7/h5,7H,2-4H2,1H3. The van der Waals surface area contributed by atoms with Crippen LogP contribution in [0.25, 0.3) is 0 Å². The summed E-state index contributed by atoms with van der Waals surface area (Å²) in [7, 11) is 0. The quantitative estimate of drug-likeness (QED) is 0.779. The van der Waals surface area contributed by atoms with E-state index in [1.165, 1.54) is 11.3 Å². The molecule has 1 aromatic heterocycles. The van der Waals surface area contributed by atoms with Crippen molar-refractivity contribution in [2.75, 3.05) is 6.61 Å². The van der Waals surface area contributed by atoms with Crippen molar-refractivity contribution >= 4 is 11.3 Å². The van der Waals surface area contributed by atoms with Gasteiger partial charge in [-0.1, -0.05) is 11.3 Å². The predicted octanol–water partition coefficient (Wildman–Crippen LogP) is 2.88. The molecule has 0 amide bonds. The maximum absolute atomic E-state index is 12.4. The van der Waals surface area contributed by atoms with E-state index >= 15 is 0 Å². The lowest BCUT2D eigenvalue weighted by Gasteiger charge is -2.34. The third-order valence-electron chi connectivity index (χ3n) is 2.22. The first-order chi connectivity index (χ1) is 6.55. The Balaban J connectivity index is 1.74. The van der Waals surface area contributed by atoms with Gasteiger partial charge in [0.15, 0.2) is 0 Å². The molecule has 14 heavy (non-hydrogen) atoms. The average Bonchev–Trinajstić information content (AvgIpc) is 2.44. The van der Waals surface area contributed by atoms with Crippen LogP contribution in [0.5, 0.6) is 5.19 Å². The fourth-order valence-corrected chi connectivity index (χ4v) is 2.15. The minimum Gasteiger partial charge on any atom is -0.470 e. The molecule has 0 radical (unpaired) electrons. The summed E-state index contributed by atoms with van der Waals surface area (Å²) in [4.78, 5) is 4.09. The van der Waals surface area contributed by atoms with E-state index in [9.17, 15) is 8.78 Å². The molecule has 1 aliphatic carbocycles. The first-order valence-electron chi connectivity index (χ1n) is 4.48. The summed E-state index contributed by atoms with van der Waals surface area (Å²) in [6.07, 6.45) is -0.0886. The molecule has 0 spiro atoms. The van der Waals surface area contributed by atoms with Gasteiger partial charge >= 0.3 is 0 Å². The number of aryl methyl sites for hydroxylation is 1. The Hall–Kier alpha value is -0.710. The number of nitrogens with zero attached hydrogens (tertiary/aromatic N) is 1. The van der Waals surface area contributed by atoms with Crippen LogP contribution in [0.4, 0.5) is 8.78 Å². The van der Waals surface area contributed by atoms with Crippen LogP contribution < -0.4 is 4.74 Å². The Morgan fingerprint density at radius 3 is 2.86 bits per heavy atom. The first kappa shape index (κ1) is 9.83. The van der Waals surface area contributed by atoms with Crippen molar-refractivity contribution in [1.82, 2.24) is 4.98 Å². The van der Waals surface area contributed by atoms with Crippen LogP contribution in [0.15, 0.2) is 5.38 Å². The van der Waals surface area contributed by atoms with Gasteiger partial charge < -0.3 is 4.74 Å². The summed E-state index contributed by atoms with van der Waals surface area (Å²) in [6.45, 7) is 2.24. The molecule has 2 rings (SSSR count). The fraction of sp³-hybridized carbons (Fsp3) is 0.667. The Morgan fingerprint density at radius 1 is 1.64 bits per heavy atom. The Kier molecular flexibility index (Phi) is 2.43. The molecule has 0 N–H and O–H groups in total. The van der Waals surface area contributed by atoms with Gasteiger partial charge in [-0.15, -0.1) is 0 Å². The number of ether oxygens (including phenoxy) is 1. The van der Waals surface area contributed by atoms with Crippen molar-refractivity contribution in [3.63, 3.8) is 0 Å². The van der Waals surface area contributed by atoms with E-state index in [1.54, 1.807) is 0 Å². The van der Waals surface area contributed by atoms with Gasteiger partial charge in [0.1, 0.15) is 0 Å². The minimum absolute atomic E-state index is 0.00536. The molecule has 1 saturated carbocycles. The highest BCUT2D eigenvalue weighted by atomic mass is 32.1. The molecular formula is C9H11F2NOS. The van der Waals surface area contributed by atoms with Crippen molar-refractivity contribution in [2.45, 2.75) is 25.7 Å². The summed E-state index contributed by atoms with van der Waals surface area (Å²) in [6, 6.07) is 0. The lowest BCUT2D eigenvalue weighted by Crippen LogP contribution is -2.38. The summed E-state index contributed by atoms with van der Waals surface area (Å²) < 4.78 is 30.2. The van der Waals surface area contributed by atoms with Crippen LogP contribution >= 0.6 is 11.3 Å². The van der Waals surface area contributed by atoms with E-state index in [0.717, 1.165) is 5.69 Å². The molecule has 2 nitrogen and oxygen atoms in total. The van der Waals surface area contributed by atoms with Gasteiger partial charge in [0.05, 0.1) is 12.3 Å².